The van der Waals surface area contributed by atoms with Crippen molar-refractivity contribution in [1.29, 1.82) is 0 Å². The Morgan fingerprint density at radius 2 is 1.84 bits per heavy atom. The first-order chi connectivity index (χ1) is 9.17. The van der Waals surface area contributed by atoms with E-state index in [-0.39, 0.29) is 5.91 Å². The number of nitrogens with zero attached hydrogens (tertiary/aromatic N) is 1. The van der Waals surface area contributed by atoms with Crippen molar-refractivity contribution in [2.24, 2.45) is 0 Å². The molecule has 0 aliphatic rings. The average Bonchev–Trinajstić information content (AvgIpc) is 2.44. The fourth-order valence-corrected chi connectivity index (χ4v) is 2.47. The van der Waals surface area contributed by atoms with E-state index in [1.165, 1.54) is 5.56 Å². The van der Waals surface area contributed by atoms with Crippen LogP contribution in [0.2, 0.25) is 0 Å². The molecule has 0 saturated heterocycles. The van der Waals surface area contributed by atoms with Gasteiger partial charge in [0.05, 0.1) is 0 Å². The minimum atomic E-state index is 0.254. The summed E-state index contributed by atoms with van der Waals surface area (Å²) in [5.41, 5.74) is 2.35. The third kappa shape index (κ3) is 4.09. The number of amides is 1. The summed E-state index contributed by atoms with van der Waals surface area (Å²) in [6.07, 6.45) is 4.55. The van der Waals surface area contributed by atoms with E-state index >= 15 is 0 Å². The maximum atomic E-state index is 12.4. The maximum absolute atomic E-state index is 12.4. The summed E-state index contributed by atoms with van der Waals surface area (Å²) in [7, 11) is 0. The van der Waals surface area contributed by atoms with Gasteiger partial charge in [-0.1, -0.05) is 39.8 Å². The van der Waals surface area contributed by atoms with Crippen molar-refractivity contribution < 1.29 is 4.79 Å². The molecule has 0 saturated carbocycles. The predicted octanol–water partition coefficient (Wildman–Crippen LogP) is 4.57. The molecule has 0 unspecified atom stereocenters. The number of carbonyl (C=O) groups is 1. The summed E-state index contributed by atoms with van der Waals surface area (Å²) in [5, 5.41) is 0. The third-order valence-corrected chi connectivity index (χ3v) is 3.64. The van der Waals surface area contributed by atoms with E-state index in [2.05, 4.69) is 52.0 Å². The van der Waals surface area contributed by atoms with Crippen LogP contribution in [0.4, 0.5) is 5.69 Å². The van der Waals surface area contributed by atoms with Gasteiger partial charge >= 0.3 is 0 Å². The number of benzene rings is 1. The van der Waals surface area contributed by atoms with Gasteiger partial charge in [-0.15, -0.1) is 0 Å². The number of anilines is 1. The average molecular weight is 261 g/mol. The number of carbonyl (C=O) groups excluding carboxylic acids is 1. The molecule has 0 heterocycles. The molecule has 1 aromatic carbocycles. The normalized spacial score (nSPS) is 10.8. The number of hydrogen-bond acceptors (Lipinski definition) is 1. The summed E-state index contributed by atoms with van der Waals surface area (Å²) < 4.78 is 0. The van der Waals surface area contributed by atoms with Crippen LogP contribution in [0, 0.1) is 0 Å². The highest BCUT2D eigenvalue weighted by Gasteiger charge is 2.22. The van der Waals surface area contributed by atoms with E-state index in [1.807, 2.05) is 4.90 Å². The van der Waals surface area contributed by atoms with E-state index in [4.69, 9.17) is 0 Å². The summed E-state index contributed by atoms with van der Waals surface area (Å²) in [6.45, 7) is 8.52. The maximum Gasteiger partial charge on any atom is 0.227 e. The van der Waals surface area contributed by atoms with Crippen LogP contribution in [0.1, 0.15) is 58.9 Å². The fraction of sp³-hybridized carbons (Fsp3) is 0.588. The van der Waals surface area contributed by atoms with Gasteiger partial charge in [0.25, 0.3) is 0 Å². The zero-order valence-corrected chi connectivity index (χ0v) is 12.8. The van der Waals surface area contributed by atoms with Crippen LogP contribution < -0.4 is 4.90 Å². The molecule has 0 bridgehead atoms. The van der Waals surface area contributed by atoms with Gasteiger partial charge in [-0.05, 0) is 43.4 Å². The van der Waals surface area contributed by atoms with Crippen molar-refractivity contribution in [3.05, 3.63) is 29.8 Å². The first kappa shape index (κ1) is 15.7. The molecule has 0 aromatic heterocycles. The lowest BCUT2D eigenvalue weighted by Crippen LogP contribution is -2.39. The Balaban J connectivity index is 3.10. The molecule has 1 aromatic rings. The van der Waals surface area contributed by atoms with Gasteiger partial charge in [0, 0.05) is 18.2 Å². The van der Waals surface area contributed by atoms with Crippen molar-refractivity contribution in [1.82, 2.24) is 0 Å². The van der Waals surface area contributed by atoms with Gasteiger partial charge < -0.3 is 4.90 Å². The second-order valence-electron chi connectivity index (χ2n) is 5.01. The summed E-state index contributed by atoms with van der Waals surface area (Å²) >= 11 is 0. The highest BCUT2D eigenvalue weighted by atomic mass is 16.2. The van der Waals surface area contributed by atoms with Crippen LogP contribution in [-0.4, -0.2) is 11.9 Å². The van der Waals surface area contributed by atoms with Crippen molar-refractivity contribution in [3.8, 4) is 0 Å². The molecule has 0 N–H and O–H groups in total. The Labute approximate surface area is 117 Å². The number of aryl methyl sites for hydroxylation is 1. The molecule has 2 nitrogen and oxygen atoms in total. The highest BCUT2D eigenvalue weighted by Crippen LogP contribution is 2.23. The van der Waals surface area contributed by atoms with Crippen LogP contribution in [0.3, 0.4) is 0 Å². The van der Waals surface area contributed by atoms with Crippen molar-refractivity contribution in [2.75, 3.05) is 4.90 Å². The first-order valence-corrected chi connectivity index (χ1v) is 7.58. The zero-order valence-electron chi connectivity index (χ0n) is 12.8. The molecule has 1 amide bonds. The summed E-state index contributed by atoms with van der Waals surface area (Å²) in [5.74, 6) is 0.254. The molecule has 0 aliphatic carbocycles. The zero-order chi connectivity index (χ0) is 14.3. The van der Waals surface area contributed by atoms with E-state index in [9.17, 15) is 4.79 Å². The molecular formula is C17H27NO. The summed E-state index contributed by atoms with van der Waals surface area (Å²) in [6, 6.07) is 8.71. The van der Waals surface area contributed by atoms with Crippen molar-refractivity contribution >= 4 is 11.6 Å². The molecule has 0 radical (unpaired) electrons. The molecule has 0 spiro atoms. The SMILES string of the molecule is CCCC(=O)N(c1cccc(CC)c1)C(CC)CC. The monoisotopic (exact) mass is 261 g/mol. The minimum Gasteiger partial charge on any atom is -0.309 e. The van der Waals surface area contributed by atoms with Crippen LogP contribution in [0.5, 0.6) is 0 Å². The highest BCUT2D eigenvalue weighted by molar-refractivity contribution is 5.94. The van der Waals surface area contributed by atoms with Crippen molar-refractivity contribution in [2.45, 2.75) is 65.8 Å². The fourth-order valence-electron chi connectivity index (χ4n) is 2.47. The number of rotatable bonds is 7. The Hall–Kier alpha value is -1.31. The molecule has 2 heteroatoms. The second-order valence-corrected chi connectivity index (χ2v) is 5.01. The lowest BCUT2D eigenvalue weighted by molar-refractivity contribution is -0.119. The van der Waals surface area contributed by atoms with Crippen molar-refractivity contribution in [3.63, 3.8) is 0 Å². The second kappa shape index (κ2) is 7.98. The van der Waals surface area contributed by atoms with Gasteiger partial charge in [0.2, 0.25) is 5.91 Å². The third-order valence-electron chi connectivity index (χ3n) is 3.64. The van der Waals surface area contributed by atoms with E-state index in [1.54, 1.807) is 0 Å². The lowest BCUT2D eigenvalue weighted by atomic mass is 10.1. The molecule has 0 fully saturated rings. The summed E-state index contributed by atoms with van der Waals surface area (Å²) in [4.78, 5) is 14.4. The van der Waals surface area contributed by atoms with E-state index in [0.29, 0.717) is 12.5 Å². The largest absolute Gasteiger partial charge is 0.309 e. The molecule has 1 rings (SSSR count). The van der Waals surface area contributed by atoms with Crippen LogP contribution in [0.25, 0.3) is 0 Å². The van der Waals surface area contributed by atoms with Crippen LogP contribution in [-0.2, 0) is 11.2 Å². The van der Waals surface area contributed by atoms with Crippen LogP contribution >= 0.6 is 0 Å². The Morgan fingerprint density at radius 1 is 1.16 bits per heavy atom. The number of hydrogen-bond donors (Lipinski definition) is 0. The predicted molar refractivity (Wildman–Crippen MR) is 82.6 cm³/mol. The minimum absolute atomic E-state index is 0.254. The molecule has 0 aliphatic heterocycles. The van der Waals surface area contributed by atoms with Gasteiger partial charge in [0.1, 0.15) is 0 Å². The Kier molecular flexibility index (Phi) is 6.61. The van der Waals surface area contributed by atoms with Gasteiger partial charge in [-0.2, -0.15) is 0 Å². The quantitative estimate of drug-likeness (QED) is 0.704. The molecule has 0 atom stereocenters. The van der Waals surface area contributed by atoms with E-state index < -0.39 is 0 Å². The Morgan fingerprint density at radius 3 is 2.37 bits per heavy atom. The Bertz CT molecular complexity index is 396. The van der Waals surface area contributed by atoms with E-state index in [0.717, 1.165) is 31.4 Å². The van der Waals surface area contributed by atoms with Gasteiger partial charge in [-0.3, -0.25) is 4.79 Å². The van der Waals surface area contributed by atoms with Gasteiger partial charge in [-0.25, -0.2) is 0 Å². The smallest absolute Gasteiger partial charge is 0.227 e. The van der Waals surface area contributed by atoms with Gasteiger partial charge in [0.15, 0.2) is 0 Å². The van der Waals surface area contributed by atoms with Crippen LogP contribution in [0.15, 0.2) is 24.3 Å². The molecular weight excluding hydrogens is 234 g/mol. The lowest BCUT2D eigenvalue weighted by Gasteiger charge is -2.31. The first-order valence-electron chi connectivity index (χ1n) is 7.58. The topological polar surface area (TPSA) is 20.3 Å². The molecule has 19 heavy (non-hydrogen) atoms. The molecule has 106 valence electrons. The standard InChI is InChI=1S/C17H27NO/c1-5-10-17(19)18(15(7-3)8-4)16-12-9-11-14(6-2)13-16/h9,11-13,15H,5-8,10H2,1-4H3.